The van der Waals surface area contributed by atoms with E-state index in [2.05, 4.69) is 15.5 Å². The van der Waals surface area contributed by atoms with E-state index in [0.717, 1.165) is 24.5 Å². The molecule has 1 aromatic heterocycles. The maximum absolute atomic E-state index is 5.52. The molecule has 0 unspecified atom stereocenters. The van der Waals surface area contributed by atoms with Gasteiger partial charge in [-0.25, -0.2) is 4.98 Å². The van der Waals surface area contributed by atoms with Gasteiger partial charge in [-0.3, -0.25) is 0 Å². The van der Waals surface area contributed by atoms with E-state index in [1.807, 2.05) is 6.92 Å². The smallest absolute Gasteiger partial charge is 0.105 e. The molecule has 1 aromatic rings. The van der Waals surface area contributed by atoms with Gasteiger partial charge in [0.05, 0.1) is 5.69 Å². The van der Waals surface area contributed by atoms with Gasteiger partial charge in [-0.05, 0) is 6.92 Å². The molecular weight excluding hydrogens is 150 g/mol. The van der Waals surface area contributed by atoms with Gasteiger partial charge < -0.3 is 10.3 Å². The molecule has 0 fully saturated rings. The highest BCUT2D eigenvalue weighted by molar-refractivity contribution is 5.04. The van der Waals surface area contributed by atoms with E-state index in [9.17, 15) is 0 Å². The lowest BCUT2D eigenvalue weighted by Gasteiger charge is -2.05. The first-order chi connectivity index (χ1) is 5.79. The number of nitrogens with two attached hydrogens (primary N) is 1. The van der Waals surface area contributed by atoms with Crippen molar-refractivity contribution in [1.82, 2.24) is 9.55 Å². The summed E-state index contributed by atoms with van der Waals surface area (Å²) in [5, 5.41) is 0. The topological polar surface area (TPSA) is 43.8 Å². The molecule has 0 saturated heterocycles. The Morgan fingerprint density at radius 2 is 2.50 bits per heavy atom. The van der Waals surface area contributed by atoms with Crippen LogP contribution in [0, 0.1) is 19.3 Å². The molecule has 0 saturated carbocycles. The summed E-state index contributed by atoms with van der Waals surface area (Å²) < 4.78 is 2.06. The van der Waals surface area contributed by atoms with E-state index in [0.29, 0.717) is 6.54 Å². The van der Waals surface area contributed by atoms with Gasteiger partial charge in [0.25, 0.3) is 0 Å². The van der Waals surface area contributed by atoms with Crippen LogP contribution < -0.4 is 5.73 Å². The molecule has 0 spiro atoms. The largest absolute Gasteiger partial charge is 0.330 e. The number of rotatable bonds is 3. The Morgan fingerprint density at radius 1 is 1.75 bits per heavy atom. The van der Waals surface area contributed by atoms with Crippen molar-refractivity contribution >= 4 is 0 Å². The summed E-state index contributed by atoms with van der Waals surface area (Å²) in [6.45, 7) is 3.29. The van der Waals surface area contributed by atoms with Crippen molar-refractivity contribution in [2.45, 2.75) is 26.4 Å². The van der Waals surface area contributed by atoms with E-state index in [1.54, 1.807) is 6.20 Å². The fourth-order valence-corrected chi connectivity index (χ4v) is 1.16. The summed E-state index contributed by atoms with van der Waals surface area (Å²) in [5.41, 5.74) is 6.57. The SMILES string of the molecule is C#CCCn1c(CN)cnc1C. The number of imidazole rings is 1. The van der Waals surface area contributed by atoms with Crippen molar-refractivity contribution in [3.8, 4) is 12.3 Å². The van der Waals surface area contributed by atoms with Crippen LogP contribution in [0.25, 0.3) is 0 Å². The van der Waals surface area contributed by atoms with Crippen molar-refractivity contribution in [3.05, 3.63) is 17.7 Å². The van der Waals surface area contributed by atoms with Crippen molar-refractivity contribution in [2.24, 2.45) is 5.73 Å². The van der Waals surface area contributed by atoms with Gasteiger partial charge in [-0.1, -0.05) is 0 Å². The van der Waals surface area contributed by atoms with Gasteiger partial charge >= 0.3 is 0 Å². The molecular formula is C9H13N3. The van der Waals surface area contributed by atoms with Gasteiger partial charge in [0.2, 0.25) is 0 Å². The summed E-state index contributed by atoms with van der Waals surface area (Å²) in [6, 6.07) is 0. The lowest BCUT2D eigenvalue weighted by Crippen LogP contribution is -2.08. The fourth-order valence-electron chi connectivity index (χ4n) is 1.16. The Kier molecular flexibility index (Phi) is 2.89. The second-order valence-corrected chi connectivity index (χ2v) is 2.61. The van der Waals surface area contributed by atoms with Crippen molar-refractivity contribution < 1.29 is 0 Å². The number of hydrogen-bond donors (Lipinski definition) is 1. The summed E-state index contributed by atoms with van der Waals surface area (Å²) in [4.78, 5) is 4.15. The van der Waals surface area contributed by atoms with E-state index < -0.39 is 0 Å². The second-order valence-electron chi connectivity index (χ2n) is 2.61. The van der Waals surface area contributed by atoms with E-state index in [-0.39, 0.29) is 0 Å². The normalized spacial score (nSPS) is 9.75. The second kappa shape index (κ2) is 3.93. The third-order valence-corrected chi connectivity index (χ3v) is 1.83. The van der Waals surface area contributed by atoms with Crippen LogP contribution in [0.3, 0.4) is 0 Å². The standard InChI is InChI=1S/C9H13N3/c1-3-4-5-12-8(2)11-7-9(12)6-10/h1,7H,4-6,10H2,2H3. The monoisotopic (exact) mass is 163 g/mol. The summed E-state index contributed by atoms with van der Waals surface area (Å²) in [5.74, 6) is 3.57. The summed E-state index contributed by atoms with van der Waals surface area (Å²) in [7, 11) is 0. The first kappa shape index (κ1) is 8.82. The zero-order valence-electron chi connectivity index (χ0n) is 7.25. The zero-order valence-corrected chi connectivity index (χ0v) is 7.25. The highest BCUT2D eigenvalue weighted by Crippen LogP contribution is 2.04. The Bertz CT molecular complexity index is 293. The van der Waals surface area contributed by atoms with Crippen LogP contribution in [-0.2, 0) is 13.1 Å². The lowest BCUT2D eigenvalue weighted by molar-refractivity contribution is 0.657. The molecule has 3 nitrogen and oxygen atoms in total. The average Bonchev–Trinajstić information content (AvgIpc) is 2.43. The Hall–Kier alpha value is -1.27. The molecule has 0 aliphatic carbocycles. The molecule has 0 bridgehead atoms. The van der Waals surface area contributed by atoms with Gasteiger partial charge in [0, 0.05) is 25.7 Å². The summed E-state index contributed by atoms with van der Waals surface area (Å²) in [6.07, 6.45) is 7.70. The maximum atomic E-state index is 5.52. The predicted octanol–water partition coefficient (Wildman–Crippen LogP) is 0.674. The van der Waals surface area contributed by atoms with Crippen molar-refractivity contribution in [2.75, 3.05) is 0 Å². The van der Waals surface area contributed by atoms with Crippen LogP contribution in [0.15, 0.2) is 6.20 Å². The minimum Gasteiger partial charge on any atom is -0.330 e. The van der Waals surface area contributed by atoms with Crippen molar-refractivity contribution in [1.29, 1.82) is 0 Å². The van der Waals surface area contributed by atoms with Gasteiger partial charge in [-0.2, -0.15) is 0 Å². The molecule has 0 amide bonds. The van der Waals surface area contributed by atoms with Gasteiger partial charge in [-0.15, -0.1) is 12.3 Å². The van der Waals surface area contributed by atoms with E-state index in [4.69, 9.17) is 12.2 Å². The summed E-state index contributed by atoms with van der Waals surface area (Å²) >= 11 is 0. The van der Waals surface area contributed by atoms with E-state index in [1.165, 1.54) is 0 Å². The number of nitrogens with zero attached hydrogens (tertiary/aromatic N) is 2. The Balaban J connectivity index is 2.81. The number of terminal acetylenes is 1. The Labute approximate surface area is 72.6 Å². The minimum absolute atomic E-state index is 0.519. The Morgan fingerprint density at radius 3 is 3.08 bits per heavy atom. The van der Waals surface area contributed by atoms with Crippen molar-refractivity contribution in [3.63, 3.8) is 0 Å². The quantitative estimate of drug-likeness (QED) is 0.666. The molecule has 2 N–H and O–H groups in total. The number of hydrogen-bond acceptors (Lipinski definition) is 2. The average molecular weight is 163 g/mol. The molecule has 1 heterocycles. The van der Waals surface area contributed by atoms with Gasteiger partial charge in [0.1, 0.15) is 5.82 Å². The molecule has 12 heavy (non-hydrogen) atoms. The van der Waals surface area contributed by atoms with Gasteiger partial charge in [0.15, 0.2) is 0 Å². The molecule has 1 rings (SSSR count). The lowest BCUT2D eigenvalue weighted by atomic mass is 10.4. The van der Waals surface area contributed by atoms with Crippen LogP contribution in [0.5, 0.6) is 0 Å². The van der Waals surface area contributed by atoms with Crippen LogP contribution in [-0.4, -0.2) is 9.55 Å². The predicted molar refractivity (Wildman–Crippen MR) is 48.3 cm³/mol. The molecule has 64 valence electrons. The molecule has 0 radical (unpaired) electrons. The molecule has 0 aliphatic rings. The highest BCUT2D eigenvalue weighted by atomic mass is 15.1. The molecule has 0 aromatic carbocycles. The number of aryl methyl sites for hydroxylation is 1. The molecule has 0 aliphatic heterocycles. The van der Waals surface area contributed by atoms with Crippen LogP contribution in [0.2, 0.25) is 0 Å². The first-order valence-electron chi connectivity index (χ1n) is 3.94. The third kappa shape index (κ3) is 1.66. The van der Waals surface area contributed by atoms with Crippen LogP contribution >= 0.6 is 0 Å². The highest BCUT2D eigenvalue weighted by Gasteiger charge is 2.02. The maximum Gasteiger partial charge on any atom is 0.105 e. The van der Waals surface area contributed by atoms with Crippen LogP contribution in [0.1, 0.15) is 17.9 Å². The molecule has 0 atom stereocenters. The number of aromatic nitrogens is 2. The minimum atomic E-state index is 0.519. The van der Waals surface area contributed by atoms with E-state index >= 15 is 0 Å². The van der Waals surface area contributed by atoms with Crippen LogP contribution in [0.4, 0.5) is 0 Å². The zero-order chi connectivity index (χ0) is 8.97. The fraction of sp³-hybridized carbons (Fsp3) is 0.444. The third-order valence-electron chi connectivity index (χ3n) is 1.83. The molecule has 3 heteroatoms. The first-order valence-corrected chi connectivity index (χ1v) is 3.94.